The summed E-state index contributed by atoms with van der Waals surface area (Å²) < 4.78 is 27.2. The van der Waals surface area contributed by atoms with Crippen molar-refractivity contribution in [2.45, 2.75) is 19.5 Å². The number of hydrogen-bond acceptors (Lipinski definition) is 3. The Labute approximate surface area is 146 Å². The molecule has 0 bridgehead atoms. The van der Waals surface area contributed by atoms with Crippen LogP contribution in [0.3, 0.4) is 0 Å². The van der Waals surface area contributed by atoms with Crippen LogP contribution in [-0.4, -0.2) is 37.1 Å². The van der Waals surface area contributed by atoms with Crippen molar-refractivity contribution in [3.63, 3.8) is 0 Å². The highest BCUT2D eigenvalue weighted by atomic mass is 19.1. The summed E-state index contributed by atoms with van der Waals surface area (Å²) in [5.74, 6) is -0.293. The van der Waals surface area contributed by atoms with E-state index in [1.165, 1.54) is 4.90 Å². The van der Waals surface area contributed by atoms with Crippen molar-refractivity contribution in [2.24, 2.45) is 0 Å². The Morgan fingerprint density at radius 3 is 2.60 bits per heavy atom. The van der Waals surface area contributed by atoms with E-state index in [1.807, 2.05) is 31.1 Å². The van der Waals surface area contributed by atoms with Gasteiger partial charge in [-0.3, -0.25) is 0 Å². The highest BCUT2D eigenvalue weighted by Gasteiger charge is 2.20. The van der Waals surface area contributed by atoms with Crippen LogP contribution in [0, 0.1) is 11.6 Å². The third-order valence-electron chi connectivity index (χ3n) is 4.02. The van der Waals surface area contributed by atoms with Gasteiger partial charge in [-0.1, -0.05) is 0 Å². The van der Waals surface area contributed by atoms with Gasteiger partial charge < -0.3 is 15.1 Å². The molecule has 0 saturated carbocycles. The van der Waals surface area contributed by atoms with Crippen LogP contribution in [0.15, 0.2) is 36.5 Å². The lowest BCUT2D eigenvalue weighted by atomic mass is 10.1. The number of aromatic nitrogens is 1. The molecular formula is C18H22F2N4O. The number of carbonyl (C=O) groups is 1. The second-order valence-corrected chi connectivity index (χ2v) is 6.03. The predicted octanol–water partition coefficient (Wildman–Crippen LogP) is 3.33. The molecule has 5 nitrogen and oxygen atoms in total. The molecule has 2 amide bonds. The van der Waals surface area contributed by atoms with Crippen molar-refractivity contribution in [1.29, 1.82) is 0 Å². The zero-order valence-electron chi connectivity index (χ0n) is 14.8. The Bertz CT molecular complexity index is 752. The standard InChI is InChI=1S/C18H22F2N4O/c1-12(15-10-14(19)5-6-16(15)20)24(4)18(25)22-11-13-7-8-21-17(9-13)23(2)3/h5-10,12H,11H2,1-4H3,(H,22,25)/t12-/m1/s1. The molecule has 134 valence electrons. The van der Waals surface area contributed by atoms with E-state index in [-0.39, 0.29) is 11.6 Å². The van der Waals surface area contributed by atoms with E-state index in [0.717, 1.165) is 29.6 Å². The van der Waals surface area contributed by atoms with Crippen LogP contribution in [0.1, 0.15) is 24.1 Å². The number of hydrogen-bond donors (Lipinski definition) is 1. The third-order valence-corrected chi connectivity index (χ3v) is 4.02. The fourth-order valence-electron chi connectivity index (χ4n) is 2.34. The summed E-state index contributed by atoms with van der Waals surface area (Å²) in [5.41, 5.74) is 1.03. The molecular weight excluding hydrogens is 326 g/mol. The number of anilines is 1. The minimum atomic E-state index is -0.606. The number of nitrogens with one attached hydrogen (secondary N) is 1. The fraction of sp³-hybridized carbons (Fsp3) is 0.333. The van der Waals surface area contributed by atoms with Gasteiger partial charge in [-0.05, 0) is 42.8 Å². The van der Waals surface area contributed by atoms with Gasteiger partial charge in [0.15, 0.2) is 0 Å². The summed E-state index contributed by atoms with van der Waals surface area (Å²) in [5, 5.41) is 2.77. The maximum Gasteiger partial charge on any atom is 0.317 e. The molecule has 0 radical (unpaired) electrons. The molecule has 0 fully saturated rings. The summed E-state index contributed by atoms with van der Waals surface area (Å²) in [6.07, 6.45) is 1.67. The molecule has 0 saturated heterocycles. The Balaban J connectivity index is 2.02. The predicted molar refractivity (Wildman–Crippen MR) is 93.3 cm³/mol. The number of amides is 2. The molecule has 2 aromatic rings. The highest BCUT2D eigenvalue weighted by molar-refractivity contribution is 5.74. The largest absolute Gasteiger partial charge is 0.363 e. The number of nitrogens with zero attached hydrogens (tertiary/aromatic N) is 3. The number of carbonyl (C=O) groups excluding carboxylic acids is 1. The van der Waals surface area contributed by atoms with Gasteiger partial charge in [-0.15, -0.1) is 0 Å². The lowest BCUT2D eigenvalue weighted by molar-refractivity contribution is 0.193. The fourth-order valence-corrected chi connectivity index (χ4v) is 2.34. The van der Waals surface area contributed by atoms with E-state index < -0.39 is 17.7 Å². The lowest BCUT2D eigenvalue weighted by Gasteiger charge is -2.26. The van der Waals surface area contributed by atoms with Crippen molar-refractivity contribution in [1.82, 2.24) is 15.2 Å². The molecule has 7 heteroatoms. The van der Waals surface area contributed by atoms with E-state index in [1.54, 1.807) is 20.2 Å². The second kappa shape index (κ2) is 7.92. The molecule has 0 aliphatic carbocycles. The van der Waals surface area contributed by atoms with Gasteiger partial charge in [-0.25, -0.2) is 18.6 Å². The quantitative estimate of drug-likeness (QED) is 0.902. The molecule has 2 rings (SSSR count). The molecule has 1 aromatic heterocycles. The lowest BCUT2D eigenvalue weighted by Crippen LogP contribution is -2.38. The van der Waals surface area contributed by atoms with E-state index in [9.17, 15) is 13.6 Å². The SMILES string of the molecule is C[C@H](c1cc(F)ccc1F)N(C)C(=O)NCc1ccnc(N(C)C)c1. The van der Waals surface area contributed by atoms with Crippen molar-refractivity contribution in [3.8, 4) is 0 Å². The first-order valence-electron chi connectivity index (χ1n) is 7.87. The van der Waals surface area contributed by atoms with Crippen LogP contribution >= 0.6 is 0 Å². The van der Waals surface area contributed by atoms with Crippen molar-refractivity contribution >= 4 is 11.8 Å². The minimum Gasteiger partial charge on any atom is -0.363 e. The van der Waals surface area contributed by atoms with Gasteiger partial charge in [0.05, 0.1) is 6.04 Å². The molecule has 25 heavy (non-hydrogen) atoms. The van der Waals surface area contributed by atoms with Crippen LogP contribution in [-0.2, 0) is 6.54 Å². The number of pyridine rings is 1. The van der Waals surface area contributed by atoms with Crippen molar-refractivity contribution in [3.05, 3.63) is 59.3 Å². The first-order chi connectivity index (χ1) is 11.8. The Morgan fingerprint density at radius 1 is 1.20 bits per heavy atom. The Hall–Kier alpha value is -2.70. The number of halogens is 2. The summed E-state index contributed by atoms with van der Waals surface area (Å²) in [4.78, 5) is 19.7. The van der Waals surface area contributed by atoms with Crippen molar-refractivity contribution in [2.75, 3.05) is 26.0 Å². The summed E-state index contributed by atoms with van der Waals surface area (Å²) in [6, 6.07) is 5.92. The monoisotopic (exact) mass is 348 g/mol. The normalized spacial score (nSPS) is 11.8. The highest BCUT2D eigenvalue weighted by Crippen LogP contribution is 2.22. The van der Waals surface area contributed by atoms with Crippen molar-refractivity contribution < 1.29 is 13.6 Å². The van der Waals surface area contributed by atoms with Crippen LogP contribution < -0.4 is 10.2 Å². The van der Waals surface area contributed by atoms with E-state index in [4.69, 9.17) is 0 Å². The molecule has 0 unspecified atom stereocenters. The minimum absolute atomic E-state index is 0.136. The smallest absolute Gasteiger partial charge is 0.317 e. The molecule has 1 heterocycles. The number of rotatable bonds is 5. The van der Waals surface area contributed by atoms with Gasteiger partial charge in [0, 0.05) is 39.4 Å². The first-order valence-corrected chi connectivity index (χ1v) is 7.87. The maximum absolute atomic E-state index is 13.9. The zero-order chi connectivity index (χ0) is 18.6. The number of urea groups is 1. The summed E-state index contributed by atoms with van der Waals surface area (Å²) in [6.45, 7) is 1.96. The van der Waals surface area contributed by atoms with Gasteiger partial charge >= 0.3 is 6.03 Å². The van der Waals surface area contributed by atoms with E-state index in [2.05, 4.69) is 10.3 Å². The van der Waals surface area contributed by atoms with Crippen LogP contribution in [0.25, 0.3) is 0 Å². The van der Waals surface area contributed by atoms with Crippen LogP contribution in [0.4, 0.5) is 19.4 Å². The third kappa shape index (κ3) is 4.65. The number of benzene rings is 1. The van der Waals surface area contributed by atoms with Crippen LogP contribution in [0.2, 0.25) is 0 Å². The van der Waals surface area contributed by atoms with Gasteiger partial charge in [0.2, 0.25) is 0 Å². The maximum atomic E-state index is 13.9. The average molecular weight is 348 g/mol. The van der Waals surface area contributed by atoms with E-state index in [0.29, 0.717) is 6.54 Å². The molecule has 1 aromatic carbocycles. The summed E-state index contributed by atoms with van der Waals surface area (Å²) in [7, 11) is 5.31. The molecule has 0 spiro atoms. The topological polar surface area (TPSA) is 48.5 Å². The second-order valence-electron chi connectivity index (χ2n) is 6.03. The molecule has 0 aliphatic heterocycles. The van der Waals surface area contributed by atoms with Gasteiger partial charge in [-0.2, -0.15) is 0 Å². The zero-order valence-corrected chi connectivity index (χ0v) is 14.8. The average Bonchev–Trinajstić information content (AvgIpc) is 2.60. The first kappa shape index (κ1) is 18.6. The molecule has 0 aliphatic rings. The van der Waals surface area contributed by atoms with E-state index >= 15 is 0 Å². The van der Waals surface area contributed by atoms with Gasteiger partial charge in [0.1, 0.15) is 17.5 Å². The Morgan fingerprint density at radius 2 is 1.92 bits per heavy atom. The summed E-state index contributed by atoms with van der Waals surface area (Å²) >= 11 is 0. The van der Waals surface area contributed by atoms with Gasteiger partial charge in [0.25, 0.3) is 0 Å². The Kier molecular flexibility index (Phi) is 5.90. The molecule has 1 N–H and O–H groups in total. The van der Waals surface area contributed by atoms with Crippen LogP contribution in [0.5, 0.6) is 0 Å². The molecule has 1 atom stereocenters.